The highest BCUT2D eigenvalue weighted by Gasteiger charge is 2.44. The number of fused-ring (bicyclic) bond motifs is 1. The molecule has 0 unspecified atom stereocenters. The van der Waals surface area contributed by atoms with Crippen LogP contribution >= 0.6 is 0 Å². The van der Waals surface area contributed by atoms with Gasteiger partial charge in [-0.05, 0) is 60.4 Å². The maximum atomic E-state index is 13.4. The quantitative estimate of drug-likeness (QED) is 0.0964. The number of aromatic nitrogens is 5. The predicted molar refractivity (Wildman–Crippen MR) is 215 cm³/mol. The maximum Gasteiger partial charge on any atom is 0.253 e. The van der Waals surface area contributed by atoms with Gasteiger partial charge in [0.1, 0.15) is 29.5 Å². The summed E-state index contributed by atoms with van der Waals surface area (Å²) in [5.74, 6) is 1.24. The van der Waals surface area contributed by atoms with Gasteiger partial charge in [-0.3, -0.25) is 9.59 Å². The average Bonchev–Trinajstić information content (AvgIpc) is 3.97. The number of morpholine rings is 1. The SMILES string of the molecule is CCC(=O)N[C@H]1C[C@@H](n2cnc3c(NCC(c4ccc(O)cc4)c4ccc(O)cc4)nc(N4CC[C@@H](NC(=O)c5ccc(N6CCOCC6)nc5)C4)nc32)[C@H](O)[C@@H]1O. The minimum Gasteiger partial charge on any atom is -0.508 e. The summed E-state index contributed by atoms with van der Waals surface area (Å²) in [7, 11) is 0. The smallest absolute Gasteiger partial charge is 0.253 e. The zero-order valence-electron chi connectivity index (χ0n) is 32.1. The van der Waals surface area contributed by atoms with Crippen LogP contribution in [0.1, 0.15) is 59.6 Å². The number of ether oxygens (including phenoxy) is 1. The number of nitrogens with one attached hydrogen (secondary N) is 3. The number of nitrogens with zero attached hydrogens (tertiary/aromatic N) is 7. The Morgan fingerprint density at radius 3 is 2.22 bits per heavy atom. The zero-order valence-corrected chi connectivity index (χ0v) is 32.1. The van der Waals surface area contributed by atoms with Crippen LogP contribution in [-0.4, -0.2) is 127 Å². The second-order valence-corrected chi connectivity index (χ2v) is 15.0. The fourth-order valence-electron chi connectivity index (χ4n) is 8.02. The molecule has 2 amide bonds. The molecule has 0 bridgehead atoms. The number of aliphatic hydroxyl groups excluding tert-OH is 2. The molecule has 1 saturated carbocycles. The molecule has 17 heteroatoms. The number of aliphatic hydroxyl groups is 2. The number of aromatic hydroxyl groups is 2. The van der Waals surface area contributed by atoms with Gasteiger partial charge in [-0.2, -0.15) is 9.97 Å². The minimum absolute atomic E-state index is 0.142. The van der Waals surface area contributed by atoms with Gasteiger partial charge in [-0.25, -0.2) is 9.97 Å². The van der Waals surface area contributed by atoms with Crippen molar-refractivity contribution in [3.8, 4) is 11.5 Å². The van der Waals surface area contributed by atoms with Gasteiger partial charge in [0, 0.05) is 57.3 Å². The van der Waals surface area contributed by atoms with E-state index in [1.807, 2.05) is 35.2 Å². The largest absolute Gasteiger partial charge is 0.508 e. The third-order valence-electron chi connectivity index (χ3n) is 11.3. The molecule has 0 radical (unpaired) electrons. The number of imidazole rings is 1. The highest BCUT2D eigenvalue weighted by molar-refractivity contribution is 5.94. The Morgan fingerprint density at radius 1 is 0.862 bits per heavy atom. The van der Waals surface area contributed by atoms with E-state index in [0.717, 1.165) is 30.0 Å². The summed E-state index contributed by atoms with van der Waals surface area (Å²) in [6.45, 7) is 5.85. The van der Waals surface area contributed by atoms with E-state index >= 15 is 0 Å². The third kappa shape index (κ3) is 8.19. The Hall–Kier alpha value is -6.04. The monoisotopic (exact) mass is 792 g/mol. The number of pyridine rings is 1. The first-order chi connectivity index (χ1) is 28.1. The fourth-order valence-corrected chi connectivity index (χ4v) is 8.02. The van der Waals surface area contributed by atoms with Crippen LogP contribution in [-0.2, 0) is 9.53 Å². The molecule has 8 rings (SSSR count). The van der Waals surface area contributed by atoms with Crippen LogP contribution in [0.4, 0.5) is 17.6 Å². The molecule has 17 nitrogen and oxygen atoms in total. The van der Waals surface area contributed by atoms with Crippen LogP contribution in [0.25, 0.3) is 11.2 Å². The van der Waals surface area contributed by atoms with E-state index in [9.17, 15) is 30.0 Å². The molecule has 3 aromatic heterocycles. The Morgan fingerprint density at radius 2 is 1.57 bits per heavy atom. The van der Waals surface area contributed by atoms with Gasteiger partial charge >= 0.3 is 0 Å². The van der Waals surface area contributed by atoms with Crippen LogP contribution in [0.15, 0.2) is 73.2 Å². The molecule has 2 aromatic carbocycles. The van der Waals surface area contributed by atoms with Crippen molar-refractivity contribution in [3.63, 3.8) is 0 Å². The summed E-state index contributed by atoms with van der Waals surface area (Å²) < 4.78 is 7.17. The van der Waals surface area contributed by atoms with Gasteiger partial charge in [0.05, 0.1) is 37.2 Å². The van der Waals surface area contributed by atoms with E-state index in [1.54, 1.807) is 54.3 Å². The lowest BCUT2D eigenvalue weighted by Crippen LogP contribution is -2.42. The van der Waals surface area contributed by atoms with E-state index < -0.39 is 24.3 Å². The minimum atomic E-state index is -1.20. The molecular weight excluding hydrogens is 745 g/mol. The molecule has 304 valence electrons. The zero-order chi connectivity index (χ0) is 40.3. The third-order valence-corrected chi connectivity index (χ3v) is 11.3. The number of benzene rings is 2. The molecule has 7 N–H and O–H groups in total. The number of hydrogen-bond acceptors (Lipinski definition) is 14. The van der Waals surface area contributed by atoms with Crippen molar-refractivity contribution in [2.24, 2.45) is 0 Å². The molecule has 5 heterocycles. The van der Waals surface area contributed by atoms with Gasteiger partial charge in [0.15, 0.2) is 17.0 Å². The lowest BCUT2D eigenvalue weighted by atomic mass is 9.91. The van der Waals surface area contributed by atoms with Gasteiger partial charge < -0.3 is 55.5 Å². The standard InChI is InChI=1S/C41H48N10O7/c1-2-34(54)46-31-19-32(37(56)36(31)55)51-23-44-35-38(43-21-30(24-3-8-28(52)9-4-24)25-5-10-29(53)11-6-25)47-41(48-39(35)51)50-14-13-27(22-50)45-40(57)26-7-12-33(42-20-26)49-15-17-58-18-16-49/h3-12,20,23,27,30-32,36-37,52-53,55-56H,2,13-19,21-22H2,1H3,(H,45,57)(H,46,54)(H,43,47,48)/t27-,31+,32-,36-,37+/m1/s1. The number of phenols is 2. The number of hydrogen-bond donors (Lipinski definition) is 7. The highest BCUT2D eigenvalue weighted by Crippen LogP contribution is 2.36. The molecule has 5 aromatic rings. The highest BCUT2D eigenvalue weighted by atomic mass is 16.5. The van der Waals surface area contributed by atoms with E-state index in [1.165, 1.54) is 0 Å². The second kappa shape index (κ2) is 16.8. The molecule has 2 saturated heterocycles. The Balaban J connectivity index is 1.07. The summed E-state index contributed by atoms with van der Waals surface area (Å²) in [5.41, 5.74) is 3.17. The topological polar surface area (TPSA) is 223 Å². The van der Waals surface area contributed by atoms with Crippen molar-refractivity contribution in [3.05, 3.63) is 89.9 Å². The Bertz CT molecular complexity index is 2170. The number of phenolic OH excluding ortho intramolecular Hbond substituents is 2. The summed E-state index contributed by atoms with van der Waals surface area (Å²) in [4.78, 5) is 48.9. The summed E-state index contributed by atoms with van der Waals surface area (Å²) in [5, 5.41) is 51.7. The number of rotatable bonds is 12. The molecule has 3 aliphatic rings. The maximum absolute atomic E-state index is 13.4. The predicted octanol–water partition coefficient (Wildman–Crippen LogP) is 2.28. The van der Waals surface area contributed by atoms with E-state index in [-0.39, 0.29) is 48.1 Å². The number of carbonyl (C=O) groups is 2. The van der Waals surface area contributed by atoms with Gasteiger partial charge in [-0.1, -0.05) is 31.2 Å². The fraction of sp³-hybridized carbons (Fsp3) is 0.415. The molecule has 5 atom stereocenters. The number of carbonyl (C=O) groups excluding carboxylic acids is 2. The number of amides is 2. The van der Waals surface area contributed by atoms with E-state index in [0.29, 0.717) is 67.8 Å². The normalized spacial score (nSPS) is 22.1. The van der Waals surface area contributed by atoms with Crippen molar-refractivity contribution in [1.29, 1.82) is 0 Å². The molecular formula is C41H48N10O7. The van der Waals surface area contributed by atoms with Crippen molar-refractivity contribution in [1.82, 2.24) is 35.1 Å². The van der Waals surface area contributed by atoms with Crippen LogP contribution in [0.2, 0.25) is 0 Å². The summed E-state index contributed by atoms with van der Waals surface area (Å²) >= 11 is 0. The van der Waals surface area contributed by atoms with E-state index in [4.69, 9.17) is 19.7 Å². The Kier molecular flexibility index (Phi) is 11.3. The first-order valence-corrected chi connectivity index (χ1v) is 19.7. The summed E-state index contributed by atoms with van der Waals surface area (Å²) in [6.07, 6.45) is 1.92. The summed E-state index contributed by atoms with van der Waals surface area (Å²) in [6, 6.07) is 16.0. The number of anilines is 3. The first-order valence-electron chi connectivity index (χ1n) is 19.7. The van der Waals surface area contributed by atoms with Crippen molar-refractivity contribution >= 4 is 40.6 Å². The van der Waals surface area contributed by atoms with Gasteiger partial charge in [-0.15, -0.1) is 0 Å². The van der Waals surface area contributed by atoms with Crippen molar-refractivity contribution < 1.29 is 34.8 Å². The van der Waals surface area contributed by atoms with Crippen LogP contribution < -0.4 is 25.8 Å². The van der Waals surface area contributed by atoms with Crippen molar-refractivity contribution in [2.45, 2.75) is 62.4 Å². The van der Waals surface area contributed by atoms with E-state index in [2.05, 4.69) is 25.8 Å². The molecule has 2 aliphatic heterocycles. The lowest BCUT2D eigenvalue weighted by Gasteiger charge is -2.27. The molecule has 0 spiro atoms. The molecule has 3 fully saturated rings. The second-order valence-electron chi connectivity index (χ2n) is 15.0. The van der Waals surface area contributed by atoms with Crippen LogP contribution in [0, 0.1) is 0 Å². The first kappa shape index (κ1) is 38.8. The average molecular weight is 793 g/mol. The van der Waals surface area contributed by atoms with Crippen LogP contribution in [0.3, 0.4) is 0 Å². The van der Waals surface area contributed by atoms with Crippen molar-refractivity contribution in [2.75, 3.05) is 61.1 Å². The molecule has 58 heavy (non-hydrogen) atoms. The Labute approximate surface area is 334 Å². The molecule has 1 aliphatic carbocycles. The van der Waals surface area contributed by atoms with Crippen LogP contribution in [0.5, 0.6) is 11.5 Å². The van der Waals surface area contributed by atoms with Gasteiger partial charge in [0.25, 0.3) is 5.91 Å². The lowest BCUT2D eigenvalue weighted by molar-refractivity contribution is -0.122. The van der Waals surface area contributed by atoms with Gasteiger partial charge in [0.2, 0.25) is 11.9 Å².